The monoisotopic (exact) mass is 283 g/mol. The van der Waals surface area contributed by atoms with E-state index in [-0.39, 0.29) is 0 Å². The van der Waals surface area contributed by atoms with Gasteiger partial charge in [-0.1, -0.05) is 31.2 Å². The highest BCUT2D eigenvalue weighted by Gasteiger charge is 2.10. The van der Waals surface area contributed by atoms with E-state index in [0.29, 0.717) is 0 Å². The number of hydrogen-bond acceptors (Lipinski definition) is 3. The second kappa shape index (κ2) is 7.67. The molecule has 0 aliphatic carbocycles. The van der Waals surface area contributed by atoms with Crippen molar-refractivity contribution in [2.45, 2.75) is 33.7 Å². The average molecular weight is 283 g/mol. The molecule has 0 atom stereocenters. The molecule has 0 amide bonds. The molecule has 112 valence electrons. The Morgan fingerprint density at radius 3 is 2.90 bits per heavy atom. The van der Waals surface area contributed by atoms with Crippen LogP contribution >= 0.6 is 0 Å². The van der Waals surface area contributed by atoms with Crippen LogP contribution in [0.5, 0.6) is 0 Å². The maximum atomic E-state index is 4.51. The van der Waals surface area contributed by atoms with Crippen molar-refractivity contribution in [1.82, 2.24) is 15.2 Å². The molecule has 0 radical (unpaired) electrons. The molecule has 1 N–H and O–H groups in total. The van der Waals surface area contributed by atoms with Crippen LogP contribution in [-0.2, 0) is 6.54 Å². The van der Waals surface area contributed by atoms with Gasteiger partial charge in [0.25, 0.3) is 0 Å². The fourth-order valence-corrected chi connectivity index (χ4v) is 2.33. The Morgan fingerprint density at radius 1 is 1.33 bits per heavy atom. The van der Waals surface area contributed by atoms with E-state index < -0.39 is 0 Å². The highest BCUT2D eigenvalue weighted by molar-refractivity contribution is 5.28. The van der Waals surface area contributed by atoms with Crippen molar-refractivity contribution in [2.75, 3.05) is 13.1 Å². The molecular formula is C18H25N3. The first-order valence-electron chi connectivity index (χ1n) is 7.62. The summed E-state index contributed by atoms with van der Waals surface area (Å²) >= 11 is 0. The number of rotatable bonds is 6. The Bertz CT molecular complexity index is 555. The molecule has 1 aliphatic rings. The van der Waals surface area contributed by atoms with Crippen LogP contribution in [0.25, 0.3) is 0 Å². The summed E-state index contributed by atoms with van der Waals surface area (Å²) in [4.78, 5) is 6.84. The Hall–Kier alpha value is -2.03. The second-order valence-electron chi connectivity index (χ2n) is 5.41. The molecule has 0 saturated carbocycles. The molecule has 1 aliphatic heterocycles. The van der Waals surface area contributed by atoms with E-state index in [1.165, 1.54) is 16.8 Å². The van der Waals surface area contributed by atoms with E-state index in [1.807, 2.05) is 12.3 Å². The Kier molecular flexibility index (Phi) is 5.61. The smallest absolute Gasteiger partial charge is 0.0625 e. The van der Waals surface area contributed by atoms with Crippen molar-refractivity contribution < 1.29 is 0 Å². The zero-order chi connectivity index (χ0) is 15.1. The summed E-state index contributed by atoms with van der Waals surface area (Å²) in [7, 11) is 0. The van der Waals surface area contributed by atoms with Crippen LogP contribution in [-0.4, -0.2) is 23.0 Å². The summed E-state index contributed by atoms with van der Waals surface area (Å²) in [5.41, 5.74) is 5.00. The van der Waals surface area contributed by atoms with Crippen LogP contribution in [0, 0.1) is 6.92 Å². The van der Waals surface area contributed by atoms with Gasteiger partial charge >= 0.3 is 0 Å². The summed E-state index contributed by atoms with van der Waals surface area (Å²) < 4.78 is 0. The first-order chi connectivity index (χ1) is 10.2. The minimum atomic E-state index is 0.839. The van der Waals surface area contributed by atoms with Crippen LogP contribution in [0.15, 0.2) is 54.0 Å². The van der Waals surface area contributed by atoms with E-state index in [2.05, 4.69) is 66.5 Å². The molecule has 0 unspecified atom stereocenters. The number of aryl methyl sites for hydroxylation is 1. The van der Waals surface area contributed by atoms with E-state index in [0.717, 1.165) is 31.7 Å². The second-order valence-corrected chi connectivity index (χ2v) is 5.41. The maximum absolute atomic E-state index is 4.51. The highest BCUT2D eigenvalue weighted by atomic mass is 15.1. The molecule has 0 aromatic carbocycles. The third-order valence-electron chi connectivity index (χ3n) is 3.66. The summed E-state index contributed by atoms with van der Waals surface area (Å²) in [5, 5.41) is 3.47. The lowest BCUT2D eigenvalue weighted by atomic mass is 10.1. The van der Waals surface area contributed by atoms with Gasteiger partial charge in [-0.3, -0.25) is 4.98 Å². The molecule has 2 heterocycles. The Labute approximate surface area is 128 Å². The fourth-order valence-electron chi connectivity index (χ4n) is 2.33. The summed E-state index contributed by atoms with van der Waals surface area (Å²) in [6, 6.07) is 4.11. The van der Waals surface area contributed by atoms with E-state index in [9.17, 15) is 0 Å². The molecule has 1 aromatic heterocycles. The first-order valence-corrected chi connectivity index (χ1v) is 7.62. The third-order valence-corrected chi connectivity index (χ3v) is 3.66. The number of pyridine rings is 1. The van der Waals surface area contributed by atoms with Gasteiger partial charge in [-0.25, -0.2) is 0 Å². The van der Waals surface area contributed by atoms with Gasteiger partial charge in [0.2, 0.25) is 0 Å². The quantitative estimate of drug-likeness (QED) is 0.865. The Morgan fingerprint density at radius 2 is 2.19 bits per heavy atom. The van der Waals surface area contributed by atoms with Crippen molar-refractivity contribution in [2.24, 2.45) is 0 Å². The molecule has 0 spiro atoms. The minimum Gasteiger partial charge on any atom is -0.383 e. The average Bonchev–Trinajstić information content (AvgIpc) is 2.49. The van der Waals surface area contributed by atoms with Crippen LogP contribution in [0.3, 0.4) is 0 Å². The largest absolute Gasteiger partial charge is 0.383 e. The van der Waals surface area contributed by atoms with E-state index in [1.54, 1.807) is 0 Å². The van der Waals surface area contributed by atoms with Gasteiger partial charge in [0, 0.05) is 18.4 Å². The predicted octanol–water partition coefficient (Wildman–Crippen LogP) is 3.55. The van der Waals surface area contributed by atoms with Crippen LogP contribution < -0.4 is 5.32 Å². The SMILES string of the molecule is CC/C=C\N(CC1=C(C)C=CCN1)Cc1ncccc1C. The van der Waals surface area contributed by atoms with Crippen LogP contribution in [0.2, 0.25) is 0 Å². The maximum Gasteiger partial charge on any atom is 0.0625 e. The fraction of sp³-hybridized carbons (Fsp3) is 0.389. The molecular weight excluding hydrogens is 258 g/mol. The Balaban J connectivity index is 2.13. The molecule has 3 heteroatoms. The highest BCUT2D eigenvalue weighted by Crippen LogP contribution is 2.13. The van der Waals surface area contributed by atoms with Gasteiger partial charge in [-0.2, -0.15) is 0 Å². The lowest BCUT2D eigenvalue weighted by Gasteiger charge is -2.25. The molecule has 0 fully saturated rings. The van der Waals surface area contributed by atoms with E-state index >= 15 is 0 Å². The summed E-state index contributed by atoms with van der Waals surface area (Å²) in [5.74, 6) is 0. The predicted molar refractivity (Wildman–Crippen MR) is 88.7 cm³/mol. The van der Waals surface area contributed by atoms with Crippen molar-refractivity contribution in [1.29, 1.82) is 0 Å². The number of nitrogens with zero attached hydrogens (tertiary/aromatic N) is 2. The van der Waals surface area contributed by atoms with Gasteiger partial charge in [0.1, 0.15) is 0 Å². The van der Waals surface area contributed by atoms with Crippen molar-refractivity contribution in [3.63, 3.8) is 0 Å². The minimum absolute atomic E-state index is 0.839. The molecule has 1 aromatic rings. The number of aromatic nitrogens is 1. The van der Waals surface area contributed by atoms with Gasteiger partial charge < -0.3 is 10.2 Å². The number of allylic oxidation sites excluding steroid dienone is 3. The first kappa shape index (κ1) is 15.4. The standard InChI is InChI=1S/C18H25N3/c1-4-5-12-21(13-17-15(2)8-6-10-19-17)14-18-16(3)9-7-11-20-18/h5-10,12,20H,4,11,13-14H2,1-3H3/b12-5-. The number of hydrogen-bond donors (Lipinski definition) is 1. The number of dihydropyridines is 1. The third kappa shape index (κ3) is 4.48. The van der Waals surface area contributed by atoms with Gasteiger partial charge in [-0.05, 0) is 43.7 Å². The van der Waals surface area contributed by atoms with Gasteiger partial charge in [-0.15, -0.1) is 0 Å². The number of nitrogens with one attached hydrogen (secondary N) is 1. The van der Waals surface area contributed by atoms with Crippen LogP contribution in [0.4, 0.5) is 0 Å². The normalized spacial score (nSPS) is 14.6. The zero-order valence-corrected chi connectivity index (χ0v) is 13.3. The summed E-state index contributed by atoms with van der Waals surface area (Å²) in [6.45, 7) is 9.09. The lowest BCUT2D eigenvalue weighted by molar-refractivity contribution is 0.383. The van der Waals surface area contributed by atoms with Gasteiger partial charge in [0.15, 0.2) is 0 Å². The molecule has 2 rings (SSSR count). The molecule has 3 nitrogen and oxygen atoms in total. The summed E-state index contributed by atoms with van der Waals surface area (Å²) in [6.07, 6.45) is 11.7. The molecule has 21 heavy (non-hydrogen) atoms. The van der Waals surface area contributed by atoms with Crippen molar-refractivity contribution >= 4 is 0 Å². The lowest BCUT2D eigenvalue weighted by Crippen LogP contribution is -2.29. The molecule has 0 bridgehead atoms. The van der Waals surface area contributed by atoms with Crippen LogP contribution in [0.1, 0.15) is 31.5 Å². The van der Waals surface area contributed by atoms with Crippen molar-refractivity contribution in [3.8, 4) is 0 Å². The van der Waals surface area contributed by atoms with Crippen molar-refractivity contribution in [3.05, 3.63) is 65.3 Å². The topological polar surface area (TPSA) is 28.2 Å². The van der Waals surface area contributed by atoms with Gasteiger partial charge in [0.05, 0.1) is 18.8 Å². The molecule has 0 saturated heterocycles. The van der Waals surface area contributed by atoms with E-state index in [4.69, 9.17) is 0 Å². The zero-order valence-electron chi connectivity index (χ0n) is 13.3.